The van der Waals surface area contributed by atoms with Crippen LogP contribution in [0.15, 0.2) is 24.3 Å². The molecular weight excluding hydrogens is 348 g/mol. The molecule has 9 heteroatoms. The maximum atomic E-state index is 12.5. The van der Waals surface area contributed by atoms with E-state index < -0.39 is 17.6 Å². The molecule has 0 atom stereocenters. The molecule has 2 aromatic rings. The zero-order valence-electron chi connectivity index (χ0n) is 10.1. The summed E-state index contributed by atoms with van der Waals surface area (Å²) >= 11 is 12.6. The zero-order chi connectivity index (χ0) is 15.8. The number of nitrogens with one attached hydrogen (secondary N) is 1. The summed E-state index contributed by atoms with van der Waals surface area (Å²) in [5.41, 5.74) is 4.62. The van der Waals surface area contributed by atoms with E-state index in [4.69, 9.17) is 28.9 Å². The number of benzene rings is 1. The lowest BCUT2D eigenvalue weighted by Crippen LogP contribution is -2.14. The first kappa shape index (κ1) is 15.9. The number of anilines is 2. The third-order valence-corrected chi connectivity index (χ3v) is 4.02. The number of nitrogens with two attached hydrogens (primary N) is 1. The summed E-state index contributed by atoms with van der Waals surface area (Å²) in [4.78, 5) is 12.0. The van der Waals surface area contributed by atoms with E-state index in [-0.39, 0.29) is 21.3 Å². The van der Waals surface area contributed by atoms with Gasteiger partial charge in [-0.1, -0.05) is 23.2 Å². The molecule has 3 N–H and O–H groups in total. The van der Waals surface area contributed by atoms with E-state index in [0.29, 0.717) is 4.34 Å². The number of alkyl halides is 3. The molecule has 1 aromatic heterocycles. The lowest BCUT2D eigenvalue weighted by molar-refractivity contribution is -0.137. The van der Waals surface area contributed by atoms with Crippen molar-refractivity contribution in [3.05, 3.63) is 44.1 Å². The molecule has 0 radical (unpaired) electrons. The van der Waals surface area contributed by atoms with Gasteiger partial charge in [0.1, 0.15) is 4.34 Å². The van der Waals surface area contributed by atoms with Crippen molar-refractivity contribution in [2.75, 3.05) is 11.1 Å². The van der Waals surface area contributed by atoms with E-state index >= 15 is 0 Å². The number of carbonyl (C=O) groups is 1. The number of nitrogen functional groups attached to an aromatic ring is 1. The van der Waals surface area contributed by atoms with Crippen LogP contribution in [0.2, 0.25) is 8.67 Å². The van der Waals surface area contributed by atoms with Gasteiger partial charge in [0.2, 0.25) is 0 Å². The Labute approximate surface area is 131 Å². The molecule has 112 valence electrons. The monoisotopic (exact) mass is 354 g/mol. The number of carbonyl (C=O) groups excluding carboxylic acids is 1. The Kier molecular flexibility index (Phi) is 4.36. The highest BCUT2D eigenvalue weighted by Crippen LogP contribution is 2.34. The lowest BCUT2D eigenvalue weighted by Gasteiger charge is -2.11. The zero-order valence-corrected chi connectivity index (χ0v) is 12.4. The first-order valence-electron chi connectivity index (χ1n) is 5.41. The highest BCUT2D eigenvalue weighted by atomic mass is 35.5. The molecule has 0 spiro atoms. The summed E-state index contributed by atoms with van der Waals surface area (Å²) in [6, 6.07) is 4.02. The fraction of sp³-hybridized carbons (Fsp3) is 0.0833. The van der Waals surface area contributed by atoms with Crippen LogP contribution >= 0.6 is 34.5 Å². The van der Waals surface area contributed by atoms with E-state index in [0.717, 1.165) is 29.5 Å². The Morgan fingerprint density at radius 2 is 1.90 bits per heavy atom. The lowest BCUT2D eigenvalue weighted by atomic mass is 10.1. The number of amides is 1. The molecule has 0 saturated carbocycles. The van der Waals surface area contributed by atoms with E-state index in [1.807, 2.05) is 0 Å². The molecule has 2 rings (SSSR count). The van der Waals surface area contributed by atoms with Crippen LogP contribution in [-0.2, 0) is 6.18 Å². The van der Waals surface area contributed by atoms with E-state index in [1.165, 1.54) is 6.07 Å². The highest BCUT2D eigenvalue weighted by Gasteiger charge is 2.31. The second kappa shape index (κ2) is 5.75. The number of halogens is 5. The van der Waals surface area contributed by atoms with Crippen molar-refractivity contribution in [1.29, 1.82) is 0 Å². The van der Waals surface area contributed by atoms with Crippen molar-refractivity contribution in [3.8, 4) is 0 Å². The van der Waals surface area contributed by atoms with Gasteiger partial charge in [-0.25, -0.2) is 0 Å². The average molecular weight is 355 g/mol. The number of thiophene rings is 1. The Balaban J connectivity index is 2.24. The predicted octanol–water partition coefficient (Wildman–Crippen LogP) is 4.91. The highest BCUT2D eigenvalue weighted by molar-refractivity contribution is 7.20. The van der Waals surface area contributed by atoms with Crippen molar-refractivity contribution >= 4 is 51.8 Å². The van der Waals surface area contributed by atoms with Crippen molar-refractivity contribution < 1.29 is 18.0 Å². The fourth-order valence-electron chi connectivity index (χ4n) is 1.54. The number of hydrogen-bond acceptors (Lipinski definition) is 3. The van der Waals surface area contributed by atoms with Crippen molar-refractivity contribution in [1.82, 2.24) is 0 Å². The van der Waals surface area contributed by atoms with E-state index in [2.05, 4.69) is 5.32 Å². The minimum Gasteiger partial charge on any atom is -0.397 e. The summed E-state index contributed by atoms with van der Waals surface area (Å²) in [5.74, 6) is -0.602. The maximum Gasteiger partial charge on any atom is 0.416 e. The van der Waals surface area contributed by atoms with Gasteiger partial charge >= 0.3 is 6.18 Å². The van der Waals surface area contributed by atoms with Crippen LogP contribution < -0.4 is 11.1 Å². The minimum atomic E-state index is -4.50. The second-order valence-electron chi connectivity index (χ2n) is 3.99. The summed E-state index contributed by atoms with van der Waals surface area (Å²) in [7, 11) is 0. The van der Waals surface area contributed by atoms with Crippen molar-refractivity contribution in [2.45, 2.75) is 6.18 Å². The second-order valence-corrected chi connectivity index (χ2v) is 6.28. The minimum absolute atomic E-state index is 0.0615. The molecule has 21 heavy (non-hydrogen) atoms. The quantitative estimate of drug-likeness (QED) is 0.753. The van der Waals surface area contributed by atoms with Crippen LogP contribution in [0.3, 0.4) is 0 Å². The normalized spacial score (nSPS) is 11.5. The van der Waals surface area contributed by atoms with Crippen LogP contribution in [0, 0.1) is 0 Å². The Bertz CT molecular complexity index is 700. The third-order valence-electron chi connectivity index (χ3n) is 2.53. The smallest absolute Gasteiger partial charge is 0.397 e. The SMILES string of the molecule is Nc1cc(C(F)(F)F)ccc1NC(=O)c1cc(Cl)sc1Cl. The Morgan fingerprint density at radius 3 is 2.38 bits per heavy atom. The van der Waals surface area contributed by atoms with Crippen LogP contribution in [0.25, 0.3) is 0 Å². The number of rotatable bonds is 2. The first-order chi connectivity index (χ1) is 9.68. The molecule has 1 heterocycles. The Hall–Kier alpha value is -1.44. The van der Waals surface area contributed by atoms with Crippen LogP contribution in [0.5, 0.6) is 0 Å². The van der Waals surface area contributed by atoms with Gasteiger partial charge in [0.25, 0.3) is 5.91 Å². The van der Waals surface area contributed by atoms with Gasteiger partial charge in [-0.2, -0.15) is 13.2 Å². The Morgan fingerprint density at radius 1 is 1.24 bits per heavy atom. The molecule has 1 amide bonds. The predicted molar refractivity (Wildman–Crippen MR) is 78.1 cm³/mol. The molecule has 0 bridgehead atoms. The van der Waals surface area contributed by atoms with Gasteiger partial charge in [-0.05, 0) is 24.3 Å². The average Bonchev–Trinajstić information content (AvgIpc) is 2.69. The number of hydrogen-bond donors (Lipinski definition) is 2. The van der Waals surface area contributed by atoms with Crippen LogP contribution in [-0.4, -0.2) is 5.91 Å². The molecule has 0 fully saturated rings. The van der Waals surface area contributed by atoms with E-state index in [9.17, 15) is 18.0 Å². The van der Waals surface area contributed by atoms with Gasteiger partial charge in [-0.15, -0.1) is 11.3 Å². The maximum absolute atomic E-state index is 12.5. The van der Waals surface area contributed by atoms with Gasteiger partial charge in [0.05, 0.1) is 26.8 Å². The van der Waals surface area contributed by atoms with Gasteiger partial charge in [0, 0.05) is 0 Å². The standard InChI is InChI=1S/C12H7Cl2F3N2OS/c13-9-4-6(10(14)21-9)11(20)19-8-2-1-5(3-7(8)18)12(15,16)17/h1-4H,18H2,(H,19,20). The van der Waals surface area contributed by atoms with Crippen molar-refractivity contribution in [2.24, 2.45) is 0 Å². The molecule has 0 aliphatic carbocycles. The first-order valence-corrected chi connectivity index (χ1v) is 6.98. The van der Waals surface area contributed by atoms with Gasteiger partial charge in [0.15, 0.2) is 0 Å². The molecule has 1 aromatic carbocycles. The molecule has 3 nitrogen and oxygen atoms in total. The molecule has 0 saturated heterocycles. The summed E-state index contributed by atoms with van der Waals surface area (Å²) in [6.45, 7) is 0. The molecular formula is C12H7Cl2F3N2OS. The molecule has 0 aliphatic rings. The summed E-state index contributed by atoms with van der Waals surface area (Å²) in [5, 5.41) is 2.39. The summed E-state index contributed by atoms with van der Waals surface area (Å²) < 4.78 is 38.0. The summed E-state index contributed by atoms with van der Waals surface area (Å²) in [6.07, 6.45) is -4.50. The van der Waals surface area contributed by atoms with Crippen LogP contribution in [0.4, 0.5) is 24.5 Å². The topological polar surface area (TPSA) is 55.1 Å². The molecule has 0 aliphatic heterocycles. The van der Waals surface area contributed by atoms with Crippen molar-refractivity contribution in [3.63, 3.8) is 0 Å². The molecule has 0 unspecified atom stereocenters. The van der Waals surface area contributed by atoms with E-state index in [1.54, 1.807) is 0 Å². The van der Waals surface area contributed by atoms with Crippen LogP contribution in [0.1, 0.15) is 15.9 Å². The van der Waals surface area contributed by atoms with Gasteiger partial charge < -0.3 is 11.1 Å². The largest absolute Gasteiger partial charge is 0.416 e. The fourth-order valence-corrected chi connectivity index (χ4v) is 3.00. The third kappa shape index (κ3) is 3.61. The van der Waals surface area contributed by atoms with Gasteiger partial charge in [-0.3, -0.25) is 4.79 Å².